The van der Waals surface area contributed by atoms with Crippen molar-refractivity contribution in [3.63, 3.8) is 0 Å². The zero-order valence-electron chi connectivity index (χ0n) is 15.2. The number of urea groups is 1. The van der Waals surface area contributed by atoms with E-state index in [4.69, 9.17) is 16.3 Å². The molecule has 27 heavy (non-hydrogen) atoms. The van der Waals surface area contributed by atoms with Crippen molar-refractivity contribution in [2.24, 2.45) is 0 Å². The molecule has 3 amide bonds. The number of carbonyl (C=O) groups excluding carboxylic acids is 2. The molecule has 0 unspecified atom stereocenters. The Kier molecular flexibility index (Phi) is 5.81. The Labute approximate surface area is 163 Å². The van der Waals surface area contributed by atoms with Crippen molar-refractivity contribution in [3.05, 3.63) is 70.4 Å². The van der Waals surface area contributed by atoms with E-state index in [9.17, 15) is 9.59 Å². The molecular formula is C21H21ClN2O3. The van der Waals surface area contributed by atoms with E-state index < -0.39 is 6.03 Å². The molecule has 1 saturated heterocycles. The van der Waals surface area contributed by atoms with E-state index in [0.29, 0.717) is 5.02 Å². The summed E-state index contributed by atoms with van der Waals surface area (Å²) in [7, 11) is 0. The van der Waals surface area contributed by atoms with Gasteiger partial charge in [0.2, 0.25) is 0 Å². The van der Waals surface area contributed by atoms with Gasteiger partial charge in [-0.05, 0) is 54.8 Å². The van der Waals surface area contributed by atoms with Crippen LogP contribution in [-0.2, 0) is 11.3 Å². The van der Waals surface area contributed by atoms with Crippen LogP contribution >= 0.6 is 11.6 Å². The summed E-state index contributed by atoms with van der Waals surface area (Å²) in [6, 6.07) is 14.0. The fourth-order valence-corrected chi connectivity index (χ4v) is 2.74. The molecule has 0 saturated carbocycles. The van der Waals surface area contributed by atoms with Crippen molar-refractivity contribution >= 4 is 29.6 Å². The molecular weight excluding hydrogens is 364 g/mol. The molecule has 2 aromatic carbocycles. The first-order valence-electron chi connectivity index (χ1n) is 8.82. The Hall–Kier alpha value is -2.79. The Balaban J connectivity index is 1.71. The third-order valence-electron chi connectivity index (χ3n) is 4.32. The highest BCUT2D eigenvalue weighted by atomic mass is 35.5. The number of hydrogen-bond donors (Lipinski definition) is 1. The summed E-state index contributed by atoms with van der Waals surface area (Å²) in [5, 5.41) is 3.24. The smallest absolute Gasteiger partial charge is 0.329 e. The second kappa shape index (κ2) is 8.27. The number of ether oxygens (including phenoxy) is 1. The van der Waals surface area contributed by atoms with Crippen molar-refractivity contribution in [1.29, 1.82) is 0 Å². The molecule has 6 heteroatoms. The van der Waals surface area contributed by atoms with Crippen LogP contribution in [0.4, 0.5) is 4.79 Å². The third-order valence-corrected chi connectivity index (χ3v) is 4.57. The highest BCUT2D eigenvalue weighted by Gasteiger charge is 2.33. The van der Waals surface area contributed by atoms with E-state index in [1.807, 2.05) is 31.2 Å². The number of halogens is 1. The number of imide groups is 1. The highest BCUT2D eigenvalue weighted by Crippen LogP contribution is 2.20. The van der Waals surface area contributed by atoms with Gasteiger partial charge in [0, 0.05) is 5.02 Å². The van der Waals surface area contributed by atoms with Crippen molar-refractivity contribution in [2.75, 3.05) is 0 Å². The zero-order chi connectivity index (χ0) is 19.4. The lowest BCUT2D eigenvalue weighted by Crippen LogP contribution is -2.30. The molecule has 1 aliphatic rings. The molecule has 1 fully saturated rings. The van der Waals surface area contributed by atoms with Gasteiger partial charge in [0.1, 0.15) is 11.4 Å². The van der Waals surface area contributed by atoms with Gasteiger partial charge in [-0.1, -0.05) is 42.8 Å². The normalized spacial score (nSPS) is 16.6. The fraction of sp³-hybridized carbons (Fsp3) is 0.238. The third kappa shape index (κ3) is 4.68. The maximum Gasteiger partial charge on any atom is 0.329 e. The second-order valence-corrected chi connectivity index (χ2v) is 6.85. The molecule has 0 spiro atoms. The van der Waals surface area contributed by atoms with E-state index in [1.165, 1.54) is 4.90 Å². The van der Waals surface area contributed by atoms with Gasteiger partial charge in [-0.25, -0.2) is 4.79 Å². The zero-order valence-corrected chi connectivity index (χ0v) is 16.0. The minimum absolute atomic E-state index is 0.145. The van der Waals surface area contributed by atoms with E-state index in [0.717, 1.165) is 23.3 Å². The Bertz CT molecular complexity index is 860. The first-order chi connectivity index (χ1) is 13.0. The largest absolute Gasteiger partial charge is 0.491 e. The lowest BCUT2D eigenvalue weighted by Gasteiger charge is -2.12. The number of benzene rings is 2. The monoisotopic (exact) mass is 384 g/mol. The Morgan fingerprint density at radius 1 is 1.11 bits per heavy atom. The number of hydrogen-bond acceptors (Lipinski definition) is 3. The van der Waals surface area contributed by atoms with Gasteiger partial charge in [0.15, 0.2) is 0 Å². The van der Waals surface area contributed by atoms with E-state index in [2.05, 4.69) is 12.2 Å². The summed E-state index contributed by atoms with van der Waals surface area (Å²) in [5.41, 5.74) is 1.89. The summed E-state index contributed by atoms with van der Waals surface area (Å²) >= 11 is 5.87. The lowest BCUT2D eigenvalue weighted by atomic mass is 10.1. The minimum Gasteiger partial charge on any atom is -0.491 e. The van der Waals surface area contributed by atoms with Crippen molar-refractivity contribution in [3.8, 4) is 5.75 Å². The molecule has 0 aromatic heterocycles. The van der Waals surface area contributed by atoms with E-state index in [-0.39, 0.29) is 24.3 Å². The summed E-state index contributed by atoms with van der Waals surface area (Å²) in [4.78, 5) is 25.9. The first kappa shape index (κ1) is 19.0. The van der Waals surface area contributed by atoms with Crippen LogP contribution in [0.15, 0.2) is 54.2 Å². The number of nitrogens with one attached hydrogen (secondary N) is 1. The molecule has 0 bridgehead atoms. The topological polar surface area (TPSA) is 58.6 Å². The van der Waals surface area contributed by atoms with Crippen LogP contribution in [0.1, 0.15) is 31.4 Å². The predicted octanol–water partition coefficient (Wildman–Crippen LogP) is 4.61. The molecule has 140 valence electrons. The van der Waals surface area contributed by atoms with Crippen LogP contribution in [0.25, 0.3) is 6.08 Å². The average molecular weight is 385 g/mol. The maximum absolute atomic E-state index is 12.6. The lowest BCUT2D eigenvalue weighted by molar-refractivity contribution is -0.123. The summed E-state index contributed by atoms with van der Waals surface area (Å²) in [6.45, 7) is 4.27. The van der Waals surface area contributed by atoms with E-state index in [1.54, 1.807) is 30.3 Å². The van der Waals surface area contributed by atoms with E-state index >= 15 is 0 Å². The van der Waals surface area contributed by atoms with Crippen LogP contribution < -0.4 is 10.1 Å². The molecule has 1 atom stereocenters. The van der Waals surface area contributed by atoms with Crippen molar-refractivity contribution in [1.82, 2.24) is 10.2 Å². The molecule has 1 N–H and O–H groups in total. The maximum atomic E-state index is 12.6. The second-order valence-electron chi connectivity index (χ2n) is 6.41. The quantitative estimate of drug-likeness (QED) is 0.584. The molecule has 5 nitrogen and oxygen atoms in total. The standard InChI is InChI=1S/C21H21ClN2O3/c1-3-14(2)27-18-10-6-15(7-11-18)12-19-20(25)24(21(26)23-19)13-16-4-8-17(22)9-5-16/h4-12,14H,3,13H2,1-2H3,(H,23,26)/b19-12-/t14-/m0/s1. The average Bonchev–Trinajstić information content (AvgIpc) is 2.92. The predicted molar refractivity (Wildman–Crippen MR) is 105 cm³/mol. The molecule has 0 radical (unpaired) electrons. The van der Waals surface area contributed by atoms with Crippen LogP contribution in [0.5, 0.6) is 5.75 Å². The van der Waals surface area contributed by atoms with Gasteiger partial charge in [0.25, 0.3) is 5.91 Å². The Morgan fingerprint density at radius 2 is 1.78 bits per heavy atom. The Morgan fingerprint density at radius 3 is 2.41 bits per heavy atom. The number of carbonyl (C=O) groups is 2. The van der Waals surface area contributed by atoms with Gasteiger partial charge in [-0.2, -0.15) is 0 Å². The molecule has 1 aliphatic heterocycles. The fourth-order valence-electron chi connectivity index (χ4n) is 2.61. The van der Waals surface area contributed by atoms with Crippen LogP contribution in [0, 0.1) is 0 Å². The van der Waals surface area contributed by atoms with Gasteiger partial charge in [0.05, 0.1) is 12.6 Å². The number of nitrogens with zero attached hydrogens (tertiary/aromatic N) is 1. The van der Waals surface area contributed by atoms with Gasteiger partial charge >= 0.3 is 6.03 Å². The number of rotatable bonds is 6. The summed E-state index contributed by atoms with van der Waals surface area (Å²) in [6.07, 6.45) is 2.73. The minimum atomic E-state index is -0.432. The highest BCUT2D eigenvalue weighted by molar-refractivity contribution is 6.30. The van der Waals surface area contributed by atoms with Crippen LogP contribution in [0.2, 0.25) is 5.02 Å². The van der Waals surface area contributed by atoms with Crippen LogP contribution in [0.3, 0.4) is 0 Å². The molecule has 0 aliphatic carbocycles. The molecule has 3 rings (SSSR count). The molecule has 2 aromatic rings. The summed E-state index contributed by atoms with van der Waals surface area (Å²) < 4.78 is 5.74. The van der Waals surface area contributed by atoms with Crippen molar-refractivity contribution < 1.29 is 14.3 Å². The SMILES string of the molecule is CC[C@H](C)Oc1ccc(/C=C2\NC(=O)N(Cc3ccc(Cl)cc3)C2=O)cc1. The van der Waals surface area contributed by atoms with Crippen molar-refractivity contribution in [2.45, 2.75) is 32.9 Å². The molecule has 1 heterocycles. The van der Waals surface area contributed by atoms with Crippen LogP contribution in [-0.4, -0.2) is 22.9 Å². The van der Waals surface area contributed by atoms with Gasteiger partial charge < -0.3 is 10.1 Å². The number of amides is 3. The summed E-state index contributed by atoms with van der Waals surface area (Å²) in [5.74, 6) is 0.424. The van der Waals surface area contributed by atoms with Gasteiger partial charge in [-0.3, -0.25) is 9.69 Å². The first-order valence-corrected chi connectivity index (χ1v) is 9.19. The van der Waals surface area contributed by atoms with Gasteiger partial charge in [-0.15, -0.1) is 0 Å².